The van der Waals surface area contributed by atoms with Crippen LogP contribution in [-0.4, -0.2) is 22.3 Å². The number of aliphatic hydroxyl groups is 1. The summed E-state index contributed by atoms with van der Waals surface area (Å²) >= 11 is 0. The van der Waals surface area contributed by atoms with Crippen LogP contribution in [0.1, 0.15) is 59.8 Å². The van der Waals surface area contributed by atoms with E-state index in [4.69, 9.17) is 4.74 Å². The van der Waals surface area contributed by atoms with Gasteiger partial charge in [0.1, 0.15) is 5.60 Å². The Kier molecular flexibility index (Phi) is 3.02. The number of carbonyl (C=O) groups excluding carboxylic acids is 2. The van der Waals surface area contributed by atoms with Crippen LogP contribution in [0.15, 0.2) is 23.2 Å². The van der Waals surface area contributed by atoms with Crippen LogP contribution in [0.3, 0.4) is 0 Å². The molecule has 0 amide bonds. The van der Waals surface area contributed by atoms with Gasteiger partial charge in [-0.15, -0.1) is 0 Å². The minimum absolute atomic E-state index is 0.00150. The van der Waals surface area contributed by atoms with Crippen molar-refractivity contribution in [2.24, 2.45) is 34.5 Å². The first kappa shape index (κ1) is 16.7. The van der Waals surface area contributed by atoms with E-state index >= 15 is 0 Å². The van der Waals surface area contributed by atoms with Crippen LogP contribution < -0.4 is 0 Å². The normalized spacial score (nSPS) is 51.6. The number of ketones is 2. The van der Waals surface area contributed by atoms with Crippen LogP contribution in [0.5, 0.6) is 0 Å². The molecule has 1 aliphatic heterocycles. The summed E-state index contributed by atoms with van der Waals surface area (Å²) in [7, 11) is 0. The van der Waals surface area contributed by atoms with Crippen molar-refractivity contribution in [3.63, 3.8) is 0 Å². The third-order valence-corrected chi connectivity index (χ3v) is 9.08. The molecule has 0 radical (unpaired) electrons. The molecule has 0 saturated heterocycles. The third kappa shape index (κ3) is 1.62. The van der Waals surface area contributed by atoms with Gasteiger partial charge < -0.3 is 9.84 Å². The Labute approximate surface area is 154 Å². The molecule has 4 aliphatic carbocycles. The lowest BCUT2D eigenvalue weighted by Gasteiger charge is -2.57. The van der Waals surface area contributed by atoms with E-state index < -0.39 is 5.60 Å². The molecule has 140 valence electrons. The van der Waals surface area contributed by atoms with Gasteiger partial charge in [0.15, 0.2) is 11.5 Å². The molecule has 4 nitrogen and oxygen atoms in total. The summed E-state index contributed by atoms with van der Waals surface area (Å²) in [5, 5.41) is 11.4. The Bertz CT molecular complexity index is 807. The van der Waals surface area contributed by atoms with Crippen molar-refractivity contribution < 1.29 is 19.4 Å². The molecule has 0 aromatic heterocycles. The molecule has 3 saturated carbocycles. The lowest BCUT2D eigenvalue weighted by atomic mass is 9.47. The van der Waals surface area contributed by atoms with Crippen molar-refractivity contribution in [1.82, 2.24) is 0 Å². The zero-order chi connectivity index (χ0) is 18.6. The maximum absolute atomic E-state index is 12.5. The molecule has 5 aliphatic rings. The van der Waals surface area contributed by atoms with Gasteiger partial charge in [-0.3, -0.25) is 9.59 Å². The second-order valence-corrected chi connectivity index (χ2v) is 9.83. The molecule has 4 heteroatoms. The van der Waals surface area contributed by atoms with Gasteiger partial charge in [0, 0.05) is 5.41 Å². The Morgan fingerprint density at radius 2 is 2.00 bits per heavy atom. The summed E-state index contributed by atoms with van der Waals surface area (Å²) in [4.78, 5) is 24.6. The van der Waals surface area contributed by atoms with E-state index in [1.807, 2.05) is 13.0 Å². The second-order valence-electron chi connectivity index (χ2n) is 9.83. The first-order valence-corrected chi connectivity index (χ1v) is 10.1. The fourth-order valence-corrected chi connectivity index (χ4v) is 7.66. The van der Waals surface area contributed by atoms with Gasteiger partial charge in [0.25, 0.3) is 0 Å². The van der Waals surface area contributed by atoms with Crippen molar-refractivity contribution in [1.29, 1.82) is 0 Å². The minimum atomic E-state index is -1.21. The van der Waals surface area contributed by atoms with E-state index in [1.54, 1.807) is 6.92 Å². The second kappa shape index (κ2) is 4.70. The van der Waals surface area contributed by atoms with Crippen molar-refractivity contribution in [3.05, 3.63) is 23.2 Å². The fourth-order valence-electron chi connectivity index (χ4n) is 7.66. The molecule has 0 aromatic rings. The monoisotopic (exact) mass is 356 g/mol. The summed E-state index contributed by atoms with van der Waals surface area (Å²) in [6.45, 7) is 8.00. The highest BCUT2D eigenvalue weighted by atomic mass is 16.6. The summed E-state index contributed by atoms with van der Waals surface area (Å²) < 4.78 is 5.68. The average molecular weight is 356 g/mol. The van der Waals surface area contributed by atoms with Crippen molar-refractivity contribution in [2.45, 2.75) is 65.4 Å². The summed E-state index contributed by atoms with van der Waals surface area (Å²) in [6.07, 6.45) is 6.53. The molecule has 0 spiro atoms. The number of Topliss-reactive ketones (excluding diaryl/α,β-unsaturated/α-hetero) is 1. The van der Waals surface area contributed by atoms with Crippen LogP contribution in [-0.2, 0) is 14.3 Å². The maximum atomic E-state index is 12.5. The smallest absolute Gasteiger partial charge is 0.224 e. The Balaban J connectivity index is 1.56. The van der Waals surface area contributed by atoms with E-state index in [1.165, 1.54) is 5.57 Å². The van der Waals surface area contributed by atoms with Crippen molar-refractivity contribution >= 4 is 11.6 Å². The van der Waals surface area contributed by atoms with Crippen LogP contribution in [0.25, 0.3) is 0 Å². The minimum Gasteiger partial charge on any atom is -0.449 e. The first-order chi connectivity index (χ1) is 12.2. The molecule has 5 rings (SSSR count). The van der Waals surface area contributed by atoms with Gasteiger partial charge in [-0.05, 0) is 75.7 Å². The van der Waals surface area contributed by atoms with E-state index in [2.05, 4.69) is 13.8 Å². The summed E-state index contributed by atoms with van der Waals surface area (Å²) in [6, 6.07) is 0. The summed E-state index contributed by atoms with van der Waals surface area (Å²) in [5.74, 6) is 2.70. The molecule has 3 fully saturated rings. The SMILES string of the molecule is CC(=O)[C@@]1(O)[C@@H](C)C[C@H]2[C@@H]3CCC4=CC(=O)C5=C(O5)[C@]4(C)[C@H]3CC[C@@]21C. The van der Waals surface area contributed by atoms with Crippen LogP contribution in [0, 0.1) is 34.5 Å². The molecule has 0 aromatic carbocycles. The molecular formula is C22H28O4. The predicted octanol–water partition coefficient (Wildman–Crippen LogP) is 3.55. The molecule has 26 heavy (non-hydrogen) atoms. The van der Waals surface area contributed by atoms with E-state index in [-0.39, 0.29) is 28.3 Å². The van der Waals surface area contributed by atoms with E-state index in [0.29, 0.717) is 23.5 Å². The van der Waals surface area contributed by atoms with Gasteiger partial charge in [-0.1, -0.05) is 19.4 Å². The molecular weight excluding hydrogens is 328 g/mol. The Morgan fingerprint density at radius 3 is 2.69 bits per heavy atom. The van der Waals surface area contributed by atoms with E-state index in [0.717, 1.165) is 37.9 Å². The predicted molar refractivity (Wildman–Crippen MR) is 95.8 cm³/mol. The average Bonchev–Trinajstić information content (AvgIpc) is 3.36. The quantitative estimate of drug-likeness (QED) is 0.780. The summed E-state index contributed by atoms with van der Waals surface area (Å²) in [5.41, 5.74) is -0.476. The number of hydrogen-bond acceptors (Lipinski definition) is 4. The zero-order valence-electron chi connectivity index (χ0n) is 16.1. The lowest BCUT2D eigenvalue weighted by molar-refractivity contribution is -0.164. The van der Waals surface area contributed by atoms with Gasteiger partial charge >= 0.3 is 0 Å². The molecule has 7 atom stereocenters. The topological polar surface area (TPSA) is 66.9 Å². The Hall–Kier alpha value is -1.42. The standard InChI is InChI=1S/C22H28O4/c1-11-9-16-14-6-5-13-10-17(24)18-19(26-18)21(13,4)15(14)7-8-20(16,3)22(11,25)12(2)23/h10-11,14-16,25H,5-9H2,1-4H3/t11-,14+,15-,16-,20-,21-,22-/m0/s1. The maximum Gasteiger partial charge on any atom is 0.224 e. The van der Waals surface area contributed by atoms with Crippen LogP contribution in [0.4, 0.5) is 0 Å². The van der Waals surface area contributed by atoms with Crippen LogP contribution in [0.2, 0.25) is 0 Å². The van der Waals surface area contributed by atoms with E-state index in [9.17, 15) is 14.7 Å². The van der Waals surface area contributed by atoms with Crippen molar-refractivity contribution in [2.75, 3.05) is 0 Å². The van der Waals surface area contributed by atoms with Crippen molar-refractivity contribution in [3.8, 4) is 0 Å². The highest BCUT2D eigenvalue weighted by Gasteiger charge is 2.69. The molecule has 1 heterocycles. The first-order valence-electron chi connectivity index (χ1n) is 10.1. The fraction of sp³-hybridized carbons (Fsp3) is 0.727. The lowest BCUT2D eigenvalue weighted by Crippen LogP contribution is -2.58. The number of rotatable bonds is 1. The van der Waals surface area contributed by atoms with Gasteiger partial charge in [-0.25, -0.2) is 0 Å². The molecule has 0 unspecified atom stereocenters. The van der Waals surface area contributed by atoms with Gasteiger partial charge in [-0.2, -0.15) is 0 Å². The molecule has 0 bridgehead atoms. The number of allylic oxidation sites excluding steroid dienone is 2. The number of carbonyl (C=O) groups is 2. The highest BCUT2D eigenvalue weighted by molar-refractivity contribution is 6.07. The van der Waals surface area contributed by atoms with Gasteiger partial charge in [0.2, 0.25) is 11.5 Å². The third-order valence-electron chi connectivity index (χ3n) is 9.08. The molecule has 1 N–H and O–H groups in total. The number of fused-ring (bicyclic) bond motifs is 6. The Morgan fingerprint density at radius 1 is 1.27 bits per heavy atom. The van der Waals surface area contributed by atoms with Crippen LogP contribution >= 0.6 is 0 Å². The largest absolute Gasteiger partial charge is 0.449 e. The highest BCUT2D eigenvalue weighted by Crippen LogP contribution is 2.70. The van der Waals surface area contributed by atoms with Gasteiger partial charge in [0.05, 0.1) is 5.41 Å². The zero-order valence-corrected chi connectivity index (χ0v) is 16.1. The number of hydrogen-bond donors (Lipinski definition) is 1. The number of ether oxygens (including phenoxy) is 1.